The Hall–Kier alpha value is -3.37. The minimum atomic E-state index is -0.709. The van der Waals surface area contributed by atoms with Crippen LogP contribution in [0.1, 0.15) is 31.0 Å². The van der Waals surface area contributed by atoms with Crippen LogP contribution in [0.3, 0.4) is 0 Å². The summed E-state index contributed by atoms with van der Waals surface area (Å²) < 4.78 is 19.4. The number of hydrogen-bond donors (Lipinski definition) is 0. The second-order valence-corrected chi connectivity index (χ2v) is 10.4. The van der Waals surface area contributed by atoms with Crippen molar-refractivity contribution >= 4 is 45.0 Å². The average Bonchev–Trinajstić information content (AvgIpc) is 3.42. The number of hydrogen-bond acceptors (Lipinski definition) is 8. The van der Waals surface area contributed by atoms with Crippen LogP contribution in [0.15, 0.2) is 61.9 Å². The summed E-state index contributed by atoms with van der Waals surface area (Å²) >= 11 is 4.90. The van der Waals surface area contributed by atoms with Crippen molar-refractivity contribution < 1.29 is 19.0 Å². The van der Waals surface area contributed by atoms with Crippen LogP contribution in [0.5, 0.6) is 11.5 Å². The molecule has 0 spiro atoms. The van der Waals surface area contributed by atoms with Gasteiger partial charge in [-0.1, -0.05) is 23.5 Å². The molecule has 0 saturated heterocycles. The summed E-state index contributed by atoms with van der Waals surface area (Å²) in [5.74, 6) is 0.688. The fraction of sp³-hybridized carbons (Fsp3) is 0.269. The first-order valence-electron chi connectivity index (χ1n) is 11.3. The number of fused-ring (bicyclic) bond motifs is 2. The highest BCUT2D eigenvalue weighted by atomic mass is 79.9. The Morgan fingerprint density at radius 1 is 1.25 bits per heavy atom. The van der Waals surface area contributed by atoms with Crippen molar-refractivity contribution in [2.24, 2.45) is 4.99 Å². The summed E-state index contributed by atoms with van der Waals surface area (Å²) in [6.45, 7) is 3.85. The molecule has 3 heterocycles. The Labute approximate surface area is 219 Å². The van der Waals surface area contributed by atoms with Gasteiger partial charge in [-0.25, -0.2) is 9.79 Å². The highest BCUT2D eigenvalue weighted by Gasteiger charge is 2.34. The van der Waals surface area contributed by atoms with Gasteiger partial charge in [0.1, 0.15) is 0 Å². The van der Waals surface area contributed by atoms with Crippen molar-refractivity contribution in [3.63, 3.8) is 0 Å². The minimum absolute atomic E-state index is 0.128. The SMILES string of the molecule is CCOC(=O)C1=C(C)N=c2s/c(=C\c3ccc(N(C)C)c(Br)c3)c(=O)n2[C@@H]1c1ccc2c(c1)OCO2. The lowest BCUT2D eigenvalue weighted by Gasteiger charge is -2.24. The summed E-state index contributed by atoms with van der Waals surface area (Å²) in [5, 5.41) is 0. The number of benzene rings is 2. The molecule has 0 aliphatic carbocycles. The van der Waals surface area contributed by atoms with E-state index in [9.17, 15) is 9.59 Å². The summed E-state index contributed by atoms with van der Waals surface area (Å²) in [7, 11) is 3.94. The van der Waals surface area contributed by atoms with E-state index in [1.54, 1.807) is 30.5 Å². The lowest BCUT2D eigenvalue weighted by Crippen LogP contribution is -2.39. The molecule has 1 aromatic heterocycles. The average molecular weight is 570 g/mol. The first kappa shape index (κ1) is 24.3. The maximum atomic E-state index is 13.8. The van der Waals surface area contributed by atoms with Crippen LogP contribution in [0.4, 0.5) is 5.69 Å². The number of nitrogens with zero attached hydrogens (tertiary/aromatic N) is 3. The predicted molar refractivity (Wildman–Crippen MR) is 141 cm³/mol. The van der Waals surface area contributed by atoms with Gasteiger partial charge in [0.05, 0.1) is 34.1 Å². The molecule has 1 atom stereocenters. The summed E-state index contributed by atoms with van der Waals surface area (Å²) in [6, 6.07) is 10.6. The molecular weight excluding hydrogens is 546 g/mol. The fourth-order valence-electron chi connectivity index (χ4n) is 4.32. The van der Waals surface area contributed by atoms with E-state index in [1.807, 2.05) is 49.3 Å². The molecule has 3 aromatic rings. The number of thiazole rings is 1. The van der Waals surface area contributed by atoms with Crippen LogP contribution in [0, 0.1) is 0 Å². The van der Waals surface area contributed by atoms with Crippen molar-refractivity contribution in [2.75, 3.05) is 32.4 Å². The number of ether oxygens (including phenoxy) is 3. The summed E-state index contributed by atoms with van der Waals surface area (Å²) in [5.41, 5.74) is 3.23. The Bertz CT molecular complexity index is 1590. The fourth-order valence-corrected chi connectivity index (χ4v) is 6.11. The molecule has 8 nitrogen and oxygen atoms in total. The van der Waals surface area contributed by atoms with E-state index in [2.05, 4.69) is 20.9 Å². The third-order valence-corrected chi connectivity index (χ3v) is 7.60. The summed E-state index contributed by atoms with van der Waals surface area (Å²) in [6.07, 6.45) is 1.84. The van der Waals surface area contributed by atoms with E-state index < -0.39 is 12.0 Å². The number of rotatable bonds is 5. The molecule has 36 heavy (non-hydrogen) atoms. The van der Waals surface area contributed by atoms with Crippen LogP contribution in [-0.2, 0) is 9.53 Å². The van der Waals surface area contributed by atoms with Gasteiger partial charge in [0.15, 0.2) is 16.3 Å². The number of aromatic nitrogens is 1. The number of anilines is 1. The van der Waals surface area contributed by atoms with E-state index in [-0.39, 0.29) is 19.0 Å². The molecule has 2 aliphatic rings. The Morgan fingerprint density at radius 2 is 2.03 bits per heavy atom. The smallest absolute Gasteiger partial charge is 0.338 e. The van der Waals surface area contributed by atoms with Gasteiger partial charge in [-0.3, -0.25) is 9.36 Å². The molecule has 0 unspecified atom stereocenters. The number of esters is 1. The number of carbonyl (C=O) groups excluding carboxylic acids is 1. The standard InChI is InChI=1S/C26H24BrN3O5S/c1-5-33-25(32)22-14(2)28-26-30(23(22)16-7-9-19-20(12-16)35-13-34-19)24(31)21(36-26)11-15-6-8-18(29(3)4)17(27)10-15/h6-12,23H,5,13H2,1-4H3/b21-11-/t23-/m1/s1. The Balaban J connectivity index is 1.69. The second kappa shape index (κ2) is 9.59. The highest BCUT2D eigenvalue weighted by molar-refractivity contribution is 9.10. The van der Waals surface area contributed by atoms with Crippen LogP contribution in [-0.4, -0.2) is 38.0 Å². The van der Waals surface area contributed by atoms with Crippen molar-refractivity contribution in [3.8, 4) is 11.5 Å². The number of allylic oxidation sites excluding steroid dienone is 1. The van der Waals surface area contributed by atoms with Crippen LogP contribution in [0.25, 0.3) is 6.08 Å². The third-order valence-electron chi connectivity index (χ3n) is 5.98. The predicted octanol–water partition coefficient (Wildman–Crippen LogP) is 3.36. The van der Waals surface area contributed by atoms with Crippen LogP contribution < -0.4 is 29.3 Å². The van der Waals surface area contributed by atoms with E-state index in [1.165, 1.54) is 11.3 Å². The van der Waals surface area contributed by atoms with Gasteiger partial charge < -0.3 is 19.1 Å². The van der Waals surface area contributed by atoms with Gasteiger partial charge in [0, 0.05) is 18.6 Å². The van der Waals surface area contributed by atoms with Gasteiger partial charge in [0.2, 0.25) is 6.79 Å². The zero-order chi connectivity index (χ0) is 25.6. The minimum Gasteiger partial charge on any atom is -0.463 e. The molecule has 0 N–H and O–H groups in total. The van der Waals surface area contributed by atoms with Crippen molar-refractivity contribution in [3.05, 3.63) is 83.0 Å². The lowest BCUT2D eigenvalue weighted by atomic mass is 9.95. The van der Waals surface area contributed by atoms with E-state index in [4.69, 9.17) is 14.2 Å². The second-order valence-electron chi connectivity index (χ2n) is 8.52. The lowest BCUT2D eigenvalue weighted by molar-refractivity contribution is -0.139. The van der Waals surface area contributed by atoms with Crippen LogP contribution in [0.2, 0.25) is 0 Å². The largest absolute Gasteiger partial charge is 0.463 e. The molecule has 10 heteroatoms. The zero-order valence-corrected chi connectivity index (χ0v) is 22.6. The molecule has 5 rings (SSSR count). The zero-order valence-electron chi connectivity index (χ0n) is 20.2. The topological polar surface area (TPSA) is 82.4 Å². The van der Waals surface area contributed by atoms with E-state index in [0.717, 1.165) is 15.7 Å². The maximum absolute atomic E-state index is 13.8. The van der Waals surface area contributed by atoms with Gasteiger partial charge in [0.25, 0.3) is 5.56 Å². The van der Waals surface area contributed by atoms with Crippen molar-refractivity contribution in [1.29, 1.82) is 0 Å². The van der Waals surface area contributed by atoms with Gasteiger partial charge in [-0.05, 0) is 71.2 Å². The molecule has 0 fully saturated rings. The Morgan fingerprint density at radius 3 is 2.75 bits per heavy atom. The molecule has 0 amide bonds. The van der Waals surface area contributed by atoms with Crippen LogP contribution >= 0.6 is 27.3 Å². The van der Waals surface area contributed by atoms with E-state index >= 15 is 0 Å². The Kier molecular flexibility index (Phi) is 6.48. The molecular formula is C26H24BrN3O5S. The monoisotopic (exact) mass is 569 g/mol. The third kappa shape index (κ3) is 4.24. The quantitative estimate of drug-likeness (QED) is 0.438. The highest BCUT2D eigenvalue weighted by Crippen LogP contribution is 2.38. The molecule has 0 bridgehead atoms. The van der Waals surface area contributed by atoms with E-state index in [0.29, 0.717) is 37.7 Å². The first-order chi connectivity index (χ1) is 17.3. The molecule has 0 radical (unpaired) electrons. The normalized spacial score (nSPS) is 16.6. The first-order valence-corrected chi connectivity index (χ1v) is 13.0. The molecule has 0 saturated carbocycles. The number of carbonyl (C=O) groups is 1. The van der Waals surface area contributed by atoms with Gasteiger partial charge >= 0.3 is 5.97 Å². The summed E-state index contributed by atoms with van der Waals surface area (Å²) in [4.78, 5) is 34.0. The van der Waals surface area contributed by atoms with Crippen molar-refractivity contribution in [2.45, 2.75) is 19.9 Å². The molecule has 2 aromatic carbocycles. The maximum Gasteiger partial charge on any atom is 0.338 e. The molecule has 2 aliphatic heterocycles. The van der Waals surface area contributed by atoms with Gasteiger partial charge in [-0.2, -0.15) is 0 Å². The number of halogens is 1. The van der Waals surface area contributed by atoms with Crippen molar-refractivity contribution in [1.82, 2.24) is 4.57 Å². The van der Waals surface area contributed by atoms with Gasteiger partial charge in [-0.15, -0.1) is 0 Å². The molecule has 186 valence electrons.